The first-order chi connectivity index (χ1) is 74.8. The van der Waals surface area contributed by atoms with E-state index in [0.717, 1.165) is 716 Å². The second-order valence-electron chi connectivity index (χ2n) is 39.2. The number of hydrogen-bond acceptors (Lipinski definition) is 29. The molecule has 0 aromatic rings. The predicted octanol–water partition coefficient (Wildman–Crippen LogP) is 24.4. The third kappa shape index (κ3) is 154. The Morgan fingerprint density at radius 1 is 0.0933 bits per heavy atom. The van der Waals surface area contributed by atoms with Crippen LogP contribution in [-0.4, -0.2) is 401 Å². The van der Waals surface area contributed by atoms with Crippen LogP contribution in [-0.2, 0) is 128 Å². The Labute approximate surface area is 931 Å². The van der Waals surface area contributed by atoms with Crippen LogP contribution in [0.2, 0.25) is 8.87 Å². The Balaban J connectivity index is 0. The van der Waals surface area contributed by atoms with E-state index in [0.29, 0.717) is 0 Å². The number of ether oxygens (including phenoxy) is 27. The molecule has 0 fully saturated rings. The van der Waals surface area contributed by atoms with Crippen LogP contribution in [0.3, 0.4) is 0 Å². The summed E-state index contributed by atoms with van der Waals surface area (Å²) in [6.45, 7) is 48.0. The molecule has 0 bridgehead atoms. The summed E-state index contributed by atoms with van der Waals surface area (Å²) in [6, 6.07) is 0. The van der Waals surface area contributed by atoms with Gasteiger partial charge in [-0.15, -0.1) is 0 Å². The summed E-state index contributed by atoms with van der Waals surface area (Å²) in [5.74, 6) is 0. The number of aliphatic hydroxyl groups is 2. The Morgan fingerprint density at radius 3 is 0.207 bits per heavy atom. The monoisotopic (exact) mass is 2270 g/mol. The van der Waals surface area contributed by atoms with Gasteiger partial charge in [0.25, 0.3) is 0 Å². The molecular weight excluding hydrogens is 2020 g/mol. The first-order valence-electron chi connectivity index (χ1n) is 62.3. The summed E-state index contributed by atoms with van der Waals surface area (Å²) in [5, 5.41) is 17.5. The number of unbranched alkanes of at least 4 members (excludes halogenated alkanes) is 30. The molecule has 0 heterocycles. The summed E-state index contributed by atoms with van der Waals surface area (Å²) in [7, 11) is 0. The minimum absolute atomic E-state index is 0.149. The summed E-state index contributed by atoms with van der Waals surface area (Å²) in [4.78, 5) is 0. The summed E-state index contributed by atoms with van der Waals surface area (Å²) in [6.07, 6.45) is 63.2. The third-order valence-electron chi connectivity index (χ3n) is 24.3. The van der Waals surface area contributed by atoms with E-state index in [1.54, 1.807) is 8.87 Å². The number of hydrogen-bond donors (Lipinski definition) is 2. The van der Waals surface area contributed by atoms with Gasteiger partial charge in [-0.3, -0.25) is 0 Å². The van der Waals surface area contributed by atoms with E-state index in [1.165, 1.54) is 25.7 Å². The van der Waals surface area contributed by atoms with E-state index in [-0.39, 0.29) is 34.4 Å². The van der Waals surface area contributed by atoms with Gasteiger partial charge in [0.1, 0.15) is 0 Å². The van der Waals surface area contributed by atoms with Crippen LogP contribution in [0.5, 0.6) is 0 Å². The van der Waals surface area contributed by atoms with Crippen molar-refractivity contribution >= 4 is 21.1 Å². The number of aliphatic hydroxyl groups excluding tert-OH is 2. The Bertz CT molecular complexity index is 1890. The average molecular weight is 2270 g/mol. The van der Waals surface area contributed by atoms with E-state index in [9.17, 15) is 0 Å². The van der Waals surface area contributed by atoms with Gasteiger partial charge in [0.15, 0.2) is 0 Å². The van der Waals surface area contributed by atoms with Gasteiger partial charge in [0, 0.05) is 370 Å². The summed E-state index contributed by atoms with van der Waals surface area (Å²) >= 11 is 0.149. The minimum atomic E-state index is 0.149. The molecule has 0 spiro atoms. The second-order valence-corrected chi connectivity index (χ2v) is 43.5. The van der Waals surface area contributed by atoms with Gasteiger partial charge in [0.05, 0.1) is 0 Å². The third-order valence-corrected chi connectivity index (χ3v) is 28.4. The Hall–Kier alpha value is -0.361. The molecule has 0 aliphatic rings. The van der Waals surface area contributed by atoms with Crippen molar-refractivity contribution in [2.45, 2.75) is 408 Å². The van der Waals surface area contributed by atoms with Gasteiger partial charge in [0.2, 0.25) is 0 Å². The van der Waals surface area contributed by atoms with Gasteiger partial charge in [-0.1, -0.05) is 0 Å². The largest absolute Gasteiger partial charge is 0.396 e. The topological polar surface area (TPSA) is 290 Å². The van der Waals surface area contributed by atoms with Crippen LogP contribution in [0.1, 0.15) is 399 Å². The van der Waals surface area contributed by atoms with Crippen LogP contribution in [0.4, 0.5) is 0 Å². The zero-order valence-electron chi connectivity index (χ0n) is 97.9. The summed E-state index contributed by atoms with van der Waals surface area (Å²) < 4.78 is 159. The van der Waals surface area contributed by atoms with Crippen molar-refractivity contribution in [3.8, 4) is 0 Å². The van der Waals surface area contributed by atoms with Crippen molar-refractivity contribution in [3.05, 3.63) is 0 Å². The second kappa shape index (κ2) is 153. The molecule has 2 radical (unpaired) electrons. The standard InChI is InChI=1S/C112H226O29.2C4H9.Sn/c113-57-1-3-59-115-61-5-7-63-117-65-9-11-67-119-69-13-15-71-121-73-17-19-75-123-77-21-23-79-125-81-25-27-83-127-85-29-31-87-129-89-33-35-91-131-93-37-39-95-133-97-41-43-99-135-101-45-47-103-137-105-49-51-107-139-109-53-55-111-141-112-56-54-110-140-108-52-50-106-138-104-48-46-102-136-100-44-42-98-134-96-40-38-94-132-92-36-34-90-130-88-32-30-86-128-84-28-26-82-126-80-24-22-78-124-76-20-18-74-122-72-16-14-70-120-68-12-10-66-118-64-8-6-62-116-60-4-2-58-114;2*1-3-4-2;/h113-114H,1-112H2;2*1,3-4H2,2H3;. The molecule has 0 rings (SSSR count). The van der Waals surface area contributed by atoms with Gasteiger partial charge >= 0.3 is 69.5 Å². The van der Waals surface area contributed by atoms with Crippen molar-refractivity contribution in [2.24, 2.45) is 0 Å². The zero-order valence-corrected chi connectivity index (χ0v) is 101. The van der Waals surface area contributed by atoms with E-state index in [1.807, 2.05) is 0 Å². The first kappa shape index (κ1) is 152. The number of rotatable bonds is 144. The molecule has 2 N–H and O–H groups in total. The molecule has 0 aliphatic carbocycles. The van der Waals surface area contributed by atoms with Crippen molar-refractivity contribution in [2.75, 3.05) is 370 Å². The van der Waals surface area contributed by atoms with Gasteiger partial charge < -0.3 is 138 Å². The molecule has 0 unspecified atom stereocenters. The Morgan fingerprint density at radius 2 is 0.153 bits per heavy atom. The molecule has 0 amide bonds. The van der Waals surface area contributed by atoms with Crippen molar-refractivity contribution in [1.29, 1.82) is 0 Å². The fourth-order valence-corrected chi connectivity index (χ4v) is 18.9. The quantitative estimate of drug-likeness (QED) is 0.0422. The fraction of sp³-hybridized carbons (Fsp3) is 1.00. The molecule has 30 heteroatoms. The molecule has 0 aromatic carbocycles. The van der Waals surface area contributed by atoms with E-state index in [2.05, 4.69) is 13.8 Å². The summed E-state index contributed by atoms with van der Waals surface area (Å²) in [5.41, 5.74) is 0. The van der Waals surface area contributed by atoms with Crippen LogP contribution >= 0.6 is 0 Å². The van der Waals surface area contributed by atoms with Crippen LogP contribution < -0.4 is 0 Å². The zero-order chi connectivity index (χ0) is 107. The van der Waals surface area contributed by atoms with Gasteiger partial charge in [-0.2, -0.15) is 0 Å². The molecule has 0 atom stereocenters. The molecular formula is C120H244O29Sn. The molecule has 0 saturated heterocycles. The Kier molecular flexibility index (Phi) is 154. The predicted molar refractivity (Wildman–Crippen MR) is 610 cm³/mol. The van der Waals surface area contributed by atoms with Crippen LogP contribution in [0.15, 0.2) is 0 Å². The molecule has 0 saturated carbocycles. The van der Waals surface area contributed by atoms with Crippen LogP contribution in [0.25, 0.3) is 0 Å². The maximum absolute atomic E-state index is 8.77. The van der Waals surface area contributed by atoms with E-state index < -0.39 is 0 Å². The molecule has 150 heavy (non-hydrogen) atoms. The fourth-order valence-electron chi connectivity index (χ4n) is 14.7. The van der Waals surface area contributed by atoms with Crippen LogP contribution in [0, 0.1) is 0 Å². The smallest absolute Gasteiger partial charge is 0.0466 e. The van der Waals surface area contributed by atoms with Crippen molar-refractivity contribution < 1.29 is 138 Å². The first-order valence-corrected chi connectivity index (χ1v) is 66.4. The molecule has 902 valence electrons. The SMILES string of the molecule is CCC[CH2][Sn][CH2]CCC.OCCCCOCCCCOCCCCOCCCCOCCCCOCCCCOCCCCOCCCCOCCCCOCCCCOCCCCOCCCCOCCCCOCCCCOCCCCOCCCCOCCCCOCCCCOCCCCOCCCCOCCCCOCCCCOCCCCOCCCCOCCCCOCCCCOCCCCOCCCCO. The maximum Gasteiger partial charge on any atom is 0.0466 e. The van der Waals surface area contributed by atoms with Gasteiger partial charge in [-0.05, 0) is 360 Å². The van der Waals surface area contributed by atoms with Crippen molar-refractivity contribution in [1.82, 2.24) is 0 Å². The maximum atomic E-state index is 8.77. The normalized spacial score (nSPS) is 11.8. The molecule has 0 aliphatic heterocycles. The van der Waals surface area contributed by atoms with Crippen molar-refractivity contribution in [3.63, 3.8) is 0 Å². The molecule has 0 aromatic heterocycles. The van der Waals surface area contributed by atoms with Gasteiger partial charge in [-0.25, -0.2) is 0 Å². The minimum Gasteiger partial charge on any atom is -0.396 e. The van der Waals surface area contributed by atoms with E-state index >= 15 is 0 Å². The molecule has 29 nitrogen and oxygen atoms in total. The average Bonchev–Trinajstić information content (AvgIpc) is 1.11. The van der Waals surface area contributed by atoms with E-state index in [4.69, 9.17) is 138 Å².